The largest absolute Gasteiger partial charge is 0.344 e. The Morgan fingerprint density at radius 2 is 0.479 bits per heavy atom. The van der Waals surface area contributed by atoms with Gasteiger partial charge in [0.15, 0.2) is 0 Å². The maximum atomic E-state index is 6.28. The van der Waals surface area contributed by atoms with Crippen LogP contribution in [0.15, 0.2) is 146 Å². The zero-order valence-electron chi connectivity index (χ0n) is 29.1. The van der Waals surface area contributed by atoms with Crippen molar-refractivity contribution in [1.29, 1.82) is 0 Å². The lowest BCUT2D eigenvalue weighted by Crippen LogP contribution is -2.17. The maximum Gasteiger partial charge on any atom is 0.0225 e. The third-order valence-corrected chi connectivity index (χ3v) is 12.3. The van der Waals surface area contributed by atoms with Gasteiger partial charge in [0, 0.05) is 16.1 Å². The van der Waals surface area contributed by atoms with E-state index in [1.54, 1.807) is 0 Å². The molecule has 0 saturated carbocycles. The lowest BCUT2D eigenvalue weighted by Gasteiger charge is -2.12. The van der Waals surface area contributed by atoms with Crippen LogP contribution >= 0.6 is 24.7 Å². The monoisotopic (exact) mass is 689 g/mol. The van der Waals surface area contributed by atoms with Gasteiger partial charge >= 0.3 is 0 Å². The van der Waals surface area contributed by atoms with E-state index in [1.807, 2.05) is 0 Å². The predicted molar refractivity (Wildman–Crippen MR) is 220 cm³/mol. The minimum atomic E-state index is -0.696. The number of hydrogen-bond acceptors (Lipinski definition) is 3. The van der Waals surface area contributed by atoms with E-state index in [2.05, 4.69) is 187 Å². The maximum absolute atomic E-state index is 6.28. The molecule has 0 bridgehead atoms. The number of rotatable bonds is 6. The molecule has 0 atom stereocenters. The topological polar surface area (TPSA) is 87.0 Å². The summed E-state index contributed by atoms with van der Waals surface area (Å²) < 4.78 is 0. The minimum Gasteiger partial charge on any atom is -0.344 e. The molecule has 248 valence electrons. The number of hydrogen-bond donors (Lipinski definition) is 3. The van der Waals surface area contributed by atoms with Crippen LogP contribution < -0.4 is 49.0 Å². The summed E-state index contributed by atoms with van der Waals surface area (Å²) in [7, 11) is -0.622. The van der Waals surface area contributed by atoms with Crippen molar-refractivity contribution in [3.05, 3.63) is 179 Å². The highest BCUT2D eigenvalue weighted by molar-refractivity contribution is 7.71. The van der Waals surface area contributed by atoms with Gasteiger partial charge in [0.05, 0.1) is 0 Å². The van der Waals surface area contributed by atoms with Gasteiger partial charge in [-0.2, -0.15) is 0 Å². The summed E-state index contributed by atoms with van der Waals surface area (Å²) in [6, 6.07) is 51.5. The van der Waals surface area contributed by atoms with E-state index in [0.29, 0.717) is 0 Å². The van der Waals surface area contributed by atoms with E-state index < -0.39 is 16.1 Å². The van der Waals surface area contributed by atoms with Crippen LogP contribution in [0.2, 0.25) is 0 Å². The molecular formula is C42H50N3P3. The van der Waals surface area contributed by atoms with Gasteiger partial charge in [-0.1, -0.05) is 188 Å². The number of benzene rings is 6. The average Bonchev–Trinajstić information content (AvgIpc) is 3.08. The van der Waals surface area contributed by atoms with Gasteiger partial charge in [-0.05, 0) is 73.4 Å². The van der Waals surface area contributed by atoms with Crippen LogP contribution in [0.1, 0.15) is 33.4 Å². The smallest absolute Gasteiger partial charge is 0.0225 e. The molecule has 6 heteroatoms. The Balaban J connectivity index is 0.000000193. The highest BCUT2D eigenvalue weighted by Gasteiger charge is 2.08. The second kappa shape index (κ2) is 19.5. The van der Waals surface area contributed by atoms with E-state index in [9.17, 15) is 0 Å². The van der Waals surface area contributed by atoms with Crippen molar-refractivity contribution in [2.45, 2.75) is 41.5 Å². The number of nitrogens with two attached hydrogens (primary N) is 2. The molecule has 7 N–H and O–H groups in total. The van der Waals surface area contributed by atoms with E-state index >= 15 is 0 Å². The molecule has 0 unspecified atom stereocenters. The van der Waals surface area contributed by atoms with E-state index in [4.69, 9.17) is 11.0 Å². The Morgan fingerprint density at radius 3 is 0.667 bits per heavy atom. The van der Waals surface area contributed by atoms with Gasteiger partial charge in [0.25, 0.3) is 0 Å². The van der Waals surface area contributed by atoms with Crippen LogP contribution in [0.5, 0.6) is 0 Å². The first kappa shape index (κ1) is 38.9. The molecule has 0 aliphatic heterocycles. The van der Waals surface area contributed by atoms with Crippen molar-refractivity contribution in [2.24, 2.45) is 11.0 Å². The van der Waals surface area contributed by atoms with Crippen molar-refractivity contribution in [3.8, 4) is 0 Å². The molecule has 6 aromatic carbocycles. The van der Waals surface area contributed by atoms with E-state index in [0.717, 1.165) is 8.58 Å². The van der Waals surface area contributed by atoms with Gasteiger partial charge in [-0.25, -0.2) is 0 Å². The molecule has 0 spiro atoms. The molecule has 0 aliphatic carbocycles. The first-order valence-corrected chi connectivity index (χ1v) is 19.7. The van der Waals surface area contributed by atoms with Gasteiger partial charge in [-0.3, -0.25) is 0 Å². The third kappa shape index (κ3) is 12.5. The summed E-state index contributed by atoms with van der Waals surface area (Å²) in [5.41, 5.74) is 20.3. The zero-order valence-corrected chi connectivity index (χ0v) is 31.9. The second-order valence-corrected chi connectivity index (χ2v) is 16.9. The summed E-state index contributed by atoms with van der Waals surface area (Å²) in [6.45, 7) is 12.6. The molecule has 0 amide bonds. The quantitative estimate of drug-likeness (QED) is 0.154. The standard InChI is InChI=1S/2C14H16NP.C14H15P.H3N/c2*1-11-3-7-13(8-4-11)16(15)14-9-5-12(2)6-10-14;1-11-3-7-13(8-4-11)15-14-9-5-12(2)6-10-14;/h2*3-10H,15H2,1-2H3;3-10,15H,1-2H3;1H3. The van der Waals surface area contributed by atoms with Gasteiger partial charge in [0.2, 0.25) is 0 Å². The van der Waals surface area contributed by atoms with Crippen LogP contribution in [0.4, 0.5) is 0 Å². The molecule has 0 aliphatic rings. The molecule has 0 fully saturated rings. The van der Waals surface area contributed by atoms with Crippen molar-refractivity contribution < 1.29 is 0 Å². The molecule has 0 radical (unpaired) electrons. The normalized spacial score (nSPS) is 10.4. The first-order chi connectivity index (χ1) is 22.6. The van der Waals surface area contributed by atoms with Crippen molar-refractivity contribution in [1.82, 2.24) is 6.15 Å². The SMILES string of the molecule is Cc1ccc(P(N)c2ccc(C)cc2)cc1.Cc1ccc(P(N)c2ccc(C)cc2)cc1.Cc1ccc(Pc2ccc(C)cc2)cc1.N. The molecule has 0 aromatic heterocycles. The van der Waals surface area contributed by atoms with Crippen LogP contribution in [0.3, 0.4) is 0 Å². The fourth-order valence-corrected chi connectivity index (χ4v) is 8.04. The van der Waals surface area contributed by atoms with Crippen molar-refractivity contribution >= 4 is 56.6 Å². The molecular weight excluding hydrogens is 639 g/mol. The second-order valence-electron chi connectivity index (χ2n) is 11.9. The summed E-state index contributed by atoms with van der Waals surface area (Å²) in [5.74, 6) is 0. The average molecular weight is 690 g/mol. The highest BCUT2D eigenvalue weighted by atomic mass is 31.1. The van der Waals surface area contributed by atoms with Crippen LogP contribution in [-0.4, -0.2) is 0 Å². The Morgan fingerprint density at radius 1 is 0.312 bits per heavy atom. The Kier molecular flexibility index (Phi) is 15.8. The Labute approximate surface area is 293 Å². The minimum absolute atomic E-state index is 0. The number of aryl methyl sites for hydroxylation is 6. The third-order valence-electron chi connectivity index (χ3n) is 7.64. The Hall–Kier alpha value is -3.51. The van der Waals surface area contributed by atoms with Gasteiger partial charge in [-0.15, -0.1) is 0 Å². The molecule has 0 heterocycles. The first-order valence-electron chi connectivity index (χ1n) is 15.8. The van der Waals surface area contributed by atoms with Crippen LogP contribution in [0, 0.1) is 41.5 Å². The van der Waals surface area contributed by atoms with Crippen molar-refractivity contribution in [3.63, 3.8) is 0 Å². The molecule has 6 aromatic rings. The summed E-state index contributed by atoms with van der Waals surface area (Å²) in [5, 5.41) is 7.72. The highest BCUT2D eigenvalue weighted by Crippen LogP contribution is 2.24. The van der Waals surface area contributed by atoms with Gasteiger partial charge < -0.3 is 17.2 Å². The molecule has 48 heavy (non-hydrogen) atoms. The predicted octanol–water partition coefficient (Wildman–Crippen LogP) is 8.31. The lowest BCUT2D eigenvalue weighted by atomic mass is 10.2. The summed E-state index contributed by atoms with van der Waals surface area (Å²) in [6.07, 6.45) is 0. The fourth-order valence-electron chi connectivity index (χ4n) is 4.56. The lowest BCUT2D eigenvalue weighted by molar-refractivity contribution is 1.48. The van der Waals surface area contributed by atoms with E-state index in [-0.39, 0.29) is 6.15 Å². The van der Waals surface area contributed by atoms with Gasteiger partial charge in [0.1, 0.15) is 0 Å². The van der Waals surface area contributed by atoms with Crippen molar-refractivity contribution in [2.75, 3.05) is 0 Å². The van der Waals surface area contributed by atoms with E-state index in [1.165, 1.54) is 65.2 Å². The van der Waals surface area contributed by atoms with Crippen LogP contribution in [0.25, 0.3) is 0 Å². The zero-order chi connectivity index (χ0) is 33.8. The fraction of sp³-hybridized carbons (Fsp3) is 0.143. The molecule has 0 saturated heterocycles. The molecule has 3 nitrogen and oxygen atoms in total. The van der Waals surface area contributed by atoms with Crippen LogP contribution in [-0.2, 0) is 0 Å². The summed E-state index contributed by atoms with van der Waals surface area (Å²) in [4.78, 5) is 0. The summed E-state index contributed by atoms with van der Waals surface area (Å²) >= 11 is 0. The Bertz CT molecular complexity index is 1560. The molecule has 6 rings (SSSR count).